The van der Waals surface area contributed by atoms with Crippen molar-refractivity contribution in [2.45, 2.75) is 19.1 Å². The van der Waals surface area contributed by atoms with Crippen LogP contribution in [-0.4, -0.2) is 37.8 Å². The first kappa shape index (κ1) is 16.7. The standard InChI is InChI=1S/C13H15ClO5S/c1-3-19-12(15)8-20(17,18)9(2)13(16)10-4-6-11(14)7-5-10/h4-7,9H,3,8H2,1-2H3. The summed E-state index contributed by atoms with van der Waals surface area (Å²) in [6.45, 7) is 2.92. The number of hydrogen-bond donors (Lipinski definition) is 0. The monoisotopic (exact) mass is 318 g/mol. The van der Waals surface area contributed by atoms with Gasteiger partial charge in [-0.1, -0.05) is 11.6 Å². The second-order valence-electron chi connectivity index (χ2n) is 4.13. The van der Waals surface area contributed by atoms with Gasteiger partial charge in [0.25, 0.3) is 0 Å². The van der Waals surface area contributed by atoms with Crippen molar-refractivity contribution in [2.24, 2.45) is 0 Å². The lowest BCUT2D eigenvalue weighted by molar-refractivity contribution is -0.139. The molecule has 0 aromatic heterocycles. The SMILES string of the molecule is CCOC(=O)CS(=O)(=O)C(C)C(=O)c1ccc(Cl)cc1. The van der Waals surface area contributed by atoms with Crippen LogP contribution in [-0.2, 0) is 19.4 Å². The number of Topliss-reactive ketones (excluding diaryl/α,β-unsaturated/α-hetero) is 1. The minimum absolute atomic E-state index is 0.0911. The first-order chi connectivity index (χ1) is 9.27. The predicted molar refractivity (Wildman–Crippen MR) is 75.7 cm³/mol. The van der Waals surface area contributed by atoms with Gasteiger partial charge in [-0.25, -0.2) is 8.42 Å². The van der Waals surface area contributed by atoms with E-state index in [2.05, 4.69) is 4.74 Å². The minimum atomic E-state index is -3.90. The number of esters is 1. The molecule has 0 saturated heterocycles. The van der Waals surface area contributed by atoms with Crippen LogP contribution in [0, 0.1) is 0 Å². The van der Waals surface area contributed by atoms with Gasteiger partial charge in [0.05, 0.1) is 6.61 Å². The van der Waals surface area contributed by atoms with Gasteiger partial charge in [0.2, 0.25) is 0 Å². The van der Waals surface area contributed by atoms with Crippen molar-refractivity contribution in [3.63, 3.8) is 0 Å². The molecule has 110 valence electrons. The largest absolute Gasteiger partial charge is 0.465 e. The number of benzene rings is 1. The van der Waals surface area contributed by atoms with Gasteiger partial charge in [0.15, 0.2) is 15.6 Å². The third kappa shape index (κ3) is 4.31. The Balaban J connectivity index is 2.87. The Morgan fingerprint density at radius 3 is 2.30 bits per heavy atom. The molecule has 0 bridgehead atoms. The first-order valence-electron chi connectivity index (χ1n) is 5.95. The topological polar surface area (TPSA) is 77.5 Å². The number of ketones is 1. The molecule has 5 nitrogen and oxygen atoms in total. The molecule has 0 heterocycles. The molecule has 1 unspecified atom stereocenters. The van der Waals surface area contributed by atoms with Gasteiger partial charge in [-0.15, -0.1) is 0 Å². The molecule has 0 amide bonds. The highest BCUT2D eigenvalue weighted by Crippen LogP contribution is 2.15. The summed E-state index contributed by atoms with van der Waals surface area (Å²) >= 11 is 5.70. The van der Waals surface area contributed by atoms with Gasteiger partial charge < -0.3 is 4.74 Å². The van der Waals surface area contributed by atoms with Gasteiger partial charge in [0, 0.05) is 10.6 Å². The lowest BCUT2D eigenvalue weighted by Gasteiger charge is -2.11. The van der Waals surface area contributed by atoms with Crippen LogP contribution in [0.4, 0.5) is 0 Å². The smallest absolute Gasteiger partial charge is 0.321 e. The number of hydrogen-bond acceptors (Lipinski definition) is 5. The zero-order valence-electron chi connectivity index (χ0n) is 11.1. The fourth-order valence-corrected chi connectivity index (χ4v) is 2.75. The molecule has 1 aromatic carbocycles. The average Bonchev–Trinajstić information content (AvgIpc) is 2.37. The Kier molecular flexibility index (Phi) is 5.71. The van der Waals surface area contributed by atoms with Crippen molar-refractivity contribution < 1.29 is 22.7 Å². The van der Waals surface area contributed by atoms with E-state index in [9.17, 15) is 18.0 Å². The van der Waals surface area contributed by atoms with Crippen LogP contribution in [0.15, 0.2) is 24.3 Å². The third-order valence-electron chi connectivity index (χ3n) is 2.66. The van der Waals surface area contributed by atoms with Crippen LogP contribution < -0.4 is 0 Å². The Morgan fingerprint density at radius 1 is 1.25 bits per heavy atom. The number of ether oxygens (including phenoxy) is 1. The molecule has 0 aliphatic carbocycles. The zero-order chi connectivity index (χ0) is 15.3. The minimum Gasteiger partial charge on any atom is -0.465 e. The van der Waals surface area contributed by atoms with Crippen LogP contribution in [0.25, 0.3) is 0 Å². The van der Waals surface area contributed by atoms with E-state index in [0.29, 0.717) is 5.02 Å². The average molecular weight is 319 g/mol. The highest BCUT2D eigenvalue weighted by Gasteiger charge is 2.31. The number of sulfone groups is 1. The molecule has 20 heavy (non-hydrogen) atoms. The molecule has 1 aromatic rings. The molecule has 1 atom stereocenters. The van der Waals surface area contributed by atoms with E-state index >= 15 is 0 Å². The van der Waals surface area contributed by atoms with Crippen LogP contribution in [0.2, 0.25) is 5.02 Å². The Labute approximate surface area is 122 Å². The van der Waals surface area contributed by atoms with E-state index in [1.807, 2.05) is 0 Å². The molecular weight excluding hydrogens is 304 g/mol. The van der Waals surface area contributed by atoms with Crippen molar-refractivity contribution in [2.75, 3.05) is 12.4 Å². The van der Waals surface area contributed by atoms with Crippen LogP contribution >= 0.6 is 11.6 Å². The van der Waals surface area contributed by atoms with Gasteiger partial charge in [0.1, 0.15) is 11.0 Å². The normalized spacial score (nSPS) is 12.8. The molecule has 0 N–H and O–H groups in total. The quantitative estimate of drug-likeness (QED) is 0.591. The Morgan fingerprint density at radius 2 is 1.80 bits per heavy atom. The van der Waals surface area contributed by atoms with E-state index in [-0.39, 0.29) is 12.2 Å². The molecule has 0 spiro atoms. The van der Waals surface area contributed by atoms with E-state index < -0.39 is 32.6 Å². The second kappa shape index (κ2) is 6.85. The van der Waals surface area contributed by atoms with Crippen molar-refractivity contribution in [1.29, 1.82) is 0 Å². The van der Waals surface area contributed by atoms with Crippen molar-refractivity contribution in [3.8, 4) is 0 Å². The van der Waals surface area contributed by atoms with Gasteiger partial charge in [-0.05, 0) is 38.1 Å². The molecule has 0 fully saturated rings. The van der Waals surface area contributed by atoms with E-state index in [0.717, 1.165) is 0 Å². The lowest BCUT2D eigenvalue weighted by atomic mass is 10.1. The van der Waals surface area contributed by atoms with Crippen molar-refractivity contribution >= 4 is 33.2 Å². The maximum atomic E-state index is 12.1. The van der Waals surface area contributed by atoms with Crippen LogP contribution in [0.3, 0.4) is 0 Å². The summed E-state index contributed by atoms with van der Waals surface area (Å²) in [6, 6.07) is 5.89. The van der Waals surface area contributed by atoms with Crippen LogP contribution in [0.5, 0.6) is 0 Å². The highest BCUT2D eigenvalue weighted by molar-refractivity contribution is 7.93. The molecule has 0 saturated carbocycles. The maximum Gasteiger partial charge on any atom is 0.321 e. The molecule has 0 aliphatic rings. The molecule has 0 radical (unpaired) electrons. The lowest BCUT2D eigenvalue weighted by Crippen LogP contribution is -2.33. The van der Waals surface area contributed by atoms with Crippen LogP contribution in [0.1, 0.15) is 24.2 Å². The Hall–Kier alpha value is -1.40. The second-order valence-corrected chi connectivity index (χ2v) is 6.88. The summed E-state index contributed by atoms with van der Waals surface area (Å²) in [7, 11) is -3.90. The summed E-state index contributed by atoms with van der Waals surface area (Å²) in [5.74, 6) is -2.24. The van der Waals surface area contributed by atoms with Gasteiger partial charge >= 0.3 is 5.97 Å². The molecule has 0 aliphatic heterocycles. The fourth-order valence-electron chi connectivity index (χ4n) is 1.50. The molecular formula is C13H15ClO5S. The summed E-state index contributed by atoms with van der Waals surface area (Å²) in [5.41, 5.74) is 0.231. The van der Waals surface area contributed by atoms with E-state index in [1.165, 1.54) is 31.2 Å². The number of rotatable bonds is 6. The van der Waals surface area contributed by atoms with E-state index in [1.54, 1.807) is 6.92 Å². The van der Waals surface area contributed by atoms with E-state index in [4.69, 9.17) is 11.6 Å². The summed E-state index contributed by atoms with van der Waals surface area (Å²) in [4.78, 5) is 23.3. The predicted octanol–water partition coefficient (Wildman–Crippen LogP) is 1.89. The summed E-state index contributed by atoms with van der Waals surface area (Å²) < 4.78 is 28.5. The summed E-state index contributed by atoms with van der Waals surface area (Å²) in [6.07, 6.45) is 0. The third-order valence-corrected chi connectivity index (χ3v) is 4.84. The maximum absolute atomic E-state index is 12.1. The highest BCUT2D eigenvalue weighted by atomic mass is 35.5. The number of halogens is 1. The summed E-state index contributed by atoms with van der Waals surface area (Å²) in [5, 5.41) is -0.864. The first-order valence-corrected chi connectivity index (χ1v) is 8.04. The number of carbonyl (C=O) groups is 2. The Bertz CT molecular complexity index is 592. The van der Waals surface area contributed by atoms with Crippen molar-refractivity contribution in [3.05, 3.63) is 34.9 Å². The van der Waals surface area contributed by atoms with Gasteiger partial charge in [-0.2, -0.15) is 0 Å². The fraction of sp³-hybridized carbons (Fsp3) is 0.385. The molecule has 7 heteroatoms. The molecule has 1 rings (SSSR count). The van der Waals surface area contributed by atoms with Crippen molar-refractivity contribution in [1.82, 2.24) is 0 Å². The zero-order valence-corrected chi connectivity index (χ0v) is 12.7. The number of carbonyl (C=O) groups excluding carboxylic acids is 2. The van der Waals surface area contributed by atoms with Gasteiger partial charge in [-0.3, -0.25) is 9.59 Å².